The molecule has 0 spiro atoms. The third kappa shape index (κ3) is 6.03. The molecule has 34 heavy (non-hydrogen) atoms. The highest BCUT2D eigenvalue weighted by atomic mass is 79.9. The van der Waals surface area contributed by atoms with Gasteiger partial charge in [0.05, 0.1) is 17.7 Å². The zero-order valence-corrected chi connectivity index (χ0v) is 19.7. The van der Waals surface area contributed by atoms with Crippen LogP contribution < -0.4 is 10.2 Å². The van der Waals surface area contributed by atoms with Crippen LogP contribution in [0.4, 0.5) is 5.69 Å². The Bertz CT molecular complexity index is 1300. The fourth-order valence-corrected chi connectivity index (χ4v) is 3.48. The minimum atomic E-state index is -0.568. The standard InChI is InChI=1S/C22H18BrN5O6/c1-13-7-14(11-32-2)18(9-24)22(26-13)33-12-21(29)27-25-10-16-4-6-20(34-16)17-5-3-15(28(30)31)8-19(17)23/h3-8,10H,11-12H2,1-2H3,(H,27,29)/b25-10-. The summed E-state index contributed by atoms with van der Waals surface area (Å²) in [6.07, 6.45) is 1.29. The van der Waals surface area contributed by atoms with Gasteiger partial charge in [0.2, 0.25) is 5.88 Å². The molecule has 3 rings (SSSR count). The van der Waals surface area contributed by atoms with E-state index in [0.29, 0.717) is 32.8 Å². The molecule has 174 valence electrons. The van der Waals surface area contributed by atoms with E-state index in [1.165, 1.54) is 25.5 Å². The first-order valence-electron chi connectivity index (χ1n) is 9.70. The number of nitrogens with one attached hydrogen (secondary N) is 1. The predicted molar refractivity (Wildman–Crippen MR) is 124 cm³/mol. The van der Waals surface area contributed by atoms with Crippen molar-refractivity contribution in [3.05, 3.63) is 73.6 Å². The molecule has 1 amide bonds. The van der Waals surface area contributed by atoms with Crippen LogP contribution in [0.2, 0.25) is 0 Å². The van der Waals surface area contributed by atoms with Crippen LogP contribution >= 0.6 is 15.9 Å². The lowest BCUT2D eigenvalue weighted by Crippen LogP contribution is -2.25. The SMILES string of the molecule is COCc1cc(C)nc(OCC(=O)N/N=C\c2ccc(-c3ccc([N+](=O)[O-])cc3Br)o2)c1C#N. The molecule has 2 aromatic heterocycles. The average Bonchev–Trinajstić information content (AvgIpc) is 3.26. The van der Waals surface area contributed by atoms with Gasteiger partial charge in [0, 0.05) is 40.5 Å². The number of pyridine rings is 1. The number of non-ortho nitro benzene ring substituents is 1. The van der Waals surface area contributed by atoms with Gasteiger partial charge < -0.3 is 13.9 Å². The van der Waals surface area contributed by atoms with Gasteiger partial charge in [-0.1, -0.05) is 0 Å². The van der Waals surface area contributed by atoms with Crippen molar-refractivity contribution >= 4 is 33.7 Å². The number of carbonyl (C=O) groups excluding carboxylic acids is 1. The molecule has 12 heteroatoms. The summed E-state index contributed by atoms with van der Waals surface area (Å²) in [6, 6.07) is 11.3. The van der Waals surface area contributed by atoms with Gasteiger partial charge in [-0.3, -0.25) is 14.9 Å². The topological polar surface area (TPSA) is 153 Å². The van der Waals surface area contributed by atoms with Crippen molar-refractivity contribution in [1.82, 2.24) is 10.4 Å². The molecule has 0 atom stereocenters. The van der Waals surface area contributed by atoms with Crippen molar-refractivity contribution < 1.29 is 23.6 Å². The van der Waals surface area contributed by atoms with E-state index in [-0.39, 0.29) is 23.7 Å². The molecule has 11 nitrogen and oxygen atoms in total. The van der Waals surface area contributed by atoms with Crippen molar-refractivity contribution in [1.29, 1.82) is 5.26 Å². The number of aromatic nitrogens is 1. The second-order valence-corrected chi connectivity index (χ2v) is 7.71. The number of carbonyl (C=O) groups is 1. The number of aryl methyl sites for hydroxylation is 1. The molecule has 3 aromatic rings. The van der Waals surface area contributed by atoms with Crippen LogP contribution in [-0.4, -0.2) is 35.7 Å². The summed E-state index contributed by atoms with van der Waals surface area (Å²) in [7, 11) is 1.51. The van der Waals surface area contributed by atoms with E-state index < -0.39 is 17.4 Å². The predicted octanol–water partition coefficient (Wildman–Crippen LogP) is 3.87. The van der Waals surface area contributed by atoms with Crippen LogP contribution in [0.15, 0.2) is 50.4 Å². The number of nitro groups is 1. The first-order chi connectivity index (χ1) is 16.3. The summed E-state index contributed by atoms with van der Waals surface area (Å²) >= 11 is 3.30. The molecule has 0 radical (unpaired) electrons. The minimum absolute atomic E-state index is 0.0398. The molecule has 1 N–H and O–H groups in total. The van der Waals surface area contributed by atoms with Crippen molar-refractivity contribution in [3.8, 4) is 23.3 Å². The molecular formula is C22H18BrN5O6. The summed E-state index contributed by atoms with van der Waals surface area (Å²) in [4.78, 5) is 26.6. The maximum Gasteiger partial charge on any atom is 0.278 e. The van der Waals surface area contributed by atoms with Crippen LogP contribution in [0, 0.1) is 28.4 Å². The lowest BCUT2D eigenvalue weighted by atomic mass is 10.1. The van der Waals surface area contributed by atoms with Crippen LogP contribution in [0.5, 0.6) is 5.88 Å². The number of hydrogen-bond acceptors (Lipinski definition) is 9. The number of hydrogen-bond donors (Lipinski definition) is 1. The van der Waals surface area contributed by atoms with Gasteiger partial charge in [-0.2, -0.15) is 10.4 Å². The van der Waals surface area contributed by atoms with Crippen LogP contribution in [0.25, 0.3) is 11.3 Å². The van der Waals surface area contributed by atoms with E-state index in [2.05, 4.69) is 31.4 Å². The van der Waals surface area contributed by atoms with Gasteiger partial charge in [0.25, 0.3) is 11.6 Å². The normalized spacial score (nSPS) is 10.8. The summed E-state index contributed by atoms with van der Waals surface area (Å²) < 4.78 is 16.6. The fourth-order valence-electron chi connectivity index (χ4n) is 2.92. The van der Waals surface area contributed by atoms with E-state index in [9.17, 15) is 20.2 Å². The molecule has 0 unspecified atom stereocenters. The Balaban J connectivity index is 1.60. The van der Waals surface area contributed by atoms with Crippen molar-refractivity contribution in [2.24, 2.45) is 5.10 Å². The zero-order chi connectivity index (χ0) is 24.7. The van der Waals surface area contributed by atoms with Gasteiger partial charge in [-0.25, -0.2) is 10.4 Å². The fraction of sp³-hybridized carbons (Fsp3) is 0.182. The number of furan rings is 1. The Labute approximate surface area is 202 Å². The molecule has 0 aliphatic rings. The minimum Gasteiger partial charge on any atom is -0.467 e. The third-order valence-corrected chi connectivity index (χ3v) is 5.04. The molecule has 2 heterocycles. The summed E-state index contributed by atoms with van der Waals surface area (Å²) in [5.74, 6) is 0.275. The number of ether oxygens (including phenoxy) is 2. The highest BCUT2D eigenvalue weighted by Crippen LogP contribution is 2.32. The van der Waals surface area contributed by atoms with Gasteiger partial charge >= 0.3 is 0 Å². The van der Waals surface area contributed by atoms with E-state index in [4.69, 9.17) is 13.9 Å². The number of halogens is 1. The van der Waals surface area contributed by atoms with E-state index in [1.54, 1.807) is 31.2 Å². The number of nitriles is 1. The summed E-state index contributed by atoms with van der Waals surface area (Å²) in [5.41, 5.74) is 4.30. The second-order valence-electron chi connectivity index (χ2n) is 6.85. The number of amides is 1. The molecule has 0 bridgehead atoms. The zero-order valence-electron chi connectivity index (χ0n) is 18.1. The number of nitro benzene ring substituents is 1. The van der Waals surface area contributed by atoms with Gasteiger partial charge in [0.15, 0.2) is 6.61 Å². The lowest BCUT2D eigenvalue weighted by Gasteiger charge is -2.10. The molecular weight excluding hydrogens is 510 g/mol. The van der Waals surface area contributed by atoms with Crippen LogP contribution in [0.3, 0.4) is 0 Å². The average molecular weight is 528 g/mol. The van der Waals surface area contributed by atoms with Gasteiger partial charge in [-0.15, -0.1) is 0 Å². The number of methoxy groups -OCH3 is 1. The van der Waals surface area contributed by atoms with Crippen molar-refractivity contribution in [2.45, 2.75) is 13.5 Å². The Morgan fingerprint density at radius 1 is 1.38 bits per heavy atom. The highest BCUT2D eigenvalue weighted by Gasteiger charge is 2.15. The molecule has 0 fully saturated rings. The maximum atomic E-state index is 12.1. The molecule has 0 aliphatic carbocycles. The van der Waals surface area contributed by atoms with E-state index in [1.807, 2.05) is 6.07 Å². The molecule has 0 aliphatic heterocycles. The number of hydrazone groups is 1. The quantitative estimate of drug-likeness (QED) is 0.250. The third-order valence-electron chi connectivity index (χ3n) is 4.38. The second kappa shape index (κ2) is 11.2. The molecule has 1 aromatic carbocycles. The monoisotopic (exact) mass is 527 g/mol. The first-order valence-corrected chi connectivity index (χ1v) is 10.5. The highest BCUT2D eigenvalue weighted by molar-refractivity contribution is 9.10. The Morgan fingerprint density at radius 3 is 2.85 bits per heavy atom. The van der Waals surface area contributed by atoms with Crippen molar-refractivity contribution in [2.75, 3.05) is 13.7 Å². The smallest absolute Gasteiger partial charge is 0.278 e. The van der Waals surface area contributed by atoms with Crippen LogP contribution in [-0.2, 0) is 16.1 Å². The largest absolute Gasteiger partial charge is 0.467 e. The first kappa shape index (κ1) is 24.6. The van der Waals surface area contributed by atoms with Gasteiger partial charge in [0.1, 0.15) is 23.2 Å². The van der Waals surface area contributed by atoms with Crippen molar-refractivity contribution in [3.63, 3.8) is 0 Å². The number of benzene rings is 1. The number of rotatable bonds is 9. The maximum absolute atomic E-state index is 12.1. The van der Waals surface area contributed by atoms with E-state index in [0.717, 1.165) is 0 Å². The summed E-state index contributed by atoms with van der Waals surface area (Å²) in [5, 5.41) is 24.1. The number of nitrogens with zero attached hydrogens (tertiary/aromatic N) is 4. The Kier molecular flexibility index (Phi) is 8.07. The van der Waals surface area contributed by atoms with Crippen LogP contribution in [0.1, 0.15) is 22.6 Å². The molecule has 0 saturated heterocycles. The Morgan fingerprint density at radius 2 is 2.18 bits per heavy atom. The molecule has 0 saturated carbocycles. The van der Waals surface area contributed by atoms with E-state index >= 15 is 0 Å². The van der Waals surface area contributed by atoms with Gasteiger partial charge in [-0.05, 0) is 47.1 Å². The summed E-state index contributed by atoms with van der Waals surface area (Å²) in [6.45, 7) is 1.54. The Hall–Kier alpha value is -4.08. The lowest BCUT2D eigenvalue weighted by molar-refractivity contribution is -0.384.